The molecule has 0 bridgehead atoms. The molecule has 1 aliphatic rings. The van der Waals surface area contributed by atoms with Crippen molar-refractivity contribution in [2.24, 2.45) is 11.7 Å². The van der Waals surface area contributed by atoms with Gasteiger partial charge in [-0.15, -0.1) is 0 Å². The third-order valence-electron chi connectivity index (χ3n) is 2.20. The van der Waals surface area contributed by atoms with Crippen LogP contribution in [-0.4, -0.2) is 11.3 Å². The summed E-state index contributed by atoms with van der Waals surface area (Å²) >= 11 is 0. The van der Waals surface area contributed by atoms with E-state index < -0.39 is 0 Å². The smallest absolute Gasteiger partial charge is 0.136 e. The minimum absolute atomic E-state index is 0.156. The van der Waals surface area contributed by atoms with Crippen LogP contribution in [-0.2, 0) is 4.79 Å². The van der Waals surface area contributed by atoms with E-state index in [-0.39, 0.29) is 5.54 Å². The minimum atomic E-state index is -0.156. The molecule has 0 saturated heterocycles. The summed E-state index contributed by atoms with van der Waals surface area (Å²) in [6, 6.07) is 0. The lowest BCUT2D eigenvalue weighted by atomic mass is 9.69. The highest BCUT2D eigenvalue weighted by atomic mass is 16.1. The molecule has 0 radical (unpaired) electrons. The average molecular weight is 127 g/mol. The van der Waals surface area contributed by atoms with E-state index in [9.17, 15) is 4.79 Å². The van der Waals surface area contributed by atoms with Gasteiger partial charge < -0.3 is 5.73 Å². The lowest BCUT2D eigenvalue weighted by molar-refractivity contribution is -0.129. The standard InChI is InChI=1S/C7H13NO/c1-5(2)7(8)3-6(9)4-7/h5H,3-4,8H2,1-2H3. The molecular weight excluding hydrogens is 114 g/mol. The molecule has 2 heteroatoms. The van der Waals surface area contributed by atoms with Crippen LogP contribution in [0.5, 0.6) is 0 Å². The van der Waals surface area contributed by atoms with Gasteiger partial charge in [-0.25, -0.2) is 0 Å². The van der Waals surface area contributed by atoms with Crippen molar-refractivity contribution in [2.45, 2.75) is 32.2 Å². The third-order valence-corrected chi connectivity index (χ3v) is 2.20. The Hall–Kier alpha value is -0.370. The van der Waals surface area contributed by atoms with Crippen LogP contribution >= 0.6 is 0 Å². The quantitative estimate of drug-likeness (QED) is 0.563. The first-order valence-electron chi connectivity index (χ1n) is 3.35. The van der Waals surface area contributed by atoms with Gasteiger partial charge in [-0.1, -0.05) is 13.8 Å². The molecule has 0 aliphatic heterocycles. The second kappa shape index (κ2) is 1.81. The predicted octanol–water partition coefficient (Wildman–Crippen LogP) is 0.703. The molecule has 0 aromatic rings. The molecule has 0 amide bonds. The third kappa shape index (κ3) is 0.990. The summed E-state index contributed by atoms with van der Waals surface area (Å²) in [6.07, 6.45) is 1.18. The van der Waals surface area contributed by atoms with Crippen LogP contribution in [0.15, 0.2) is 0 Å². The monoisotopic (exact) mass is 127 g/mol. The van der Waals surface area contributed by atoms with E-state index in [0.717, 1.165) is 0 Å². The summed E-state index contributed by atoms with van der Waals surface area (Å²) in [6.45, 7) is 4.12. The summed E-state index contributed by atoms with van der Waals surface area (Å²) < 4.78 is 0. The predicted molar refractivity (Wildman–Crippen MR) is 36.0 cm³/mol. The van der Waals surface area contributed by atoms with Crippen molar-refractivity contribution in [3.05, 3.63) is 0 Å². The van der Waals surface area contributed by atoms with Gasteiger partial charge in [-0.2, -0.15) is 0 Å². The van der Waals surface area contributed by atoms with Crippen molar-refractivity contribution in [3.8, 4) is 0 Å². The summed E-state index contributed by atoms with van der Waals surface area (Å²) in [4.78, 5) is 10.5. The van der Waals surface area contributed by atoms with E-state index in [4.69, 9.17) is 5.73 Å². The summed E-state index contributed by atoms with van der Waals surface area (Å²) in [7, 11) is 0. The maximum absolute atomic E-state index is 10.5. The Morgan fingerprint density at radius 2 is 2.00 bits per heavy atom. The lowest BCUT2D eigenvalue weighted by Gasteiger charge is -2.40. The number of carbonyl (C=O) groups excluding carboxylic acids is 1. The van der Waals surface area contributed by atoms with Crippen LogP contribution in [0, 0.1) is 5.92 Å². The van der Waals surface area contributed by atoms with Crippen LogP contribution in [0.4, 0.5) is 0 Å². The molecular formula is C7H13NO. The highest BCUT2D eigenvalue weighted by Gasteiger charge is 2.41. The van der Waals surface area contributed by atoms with Gasteiger partial charge in [0.25, 0.3) is 0 Å². The van der Waals surface area contributed by atoms with Gasteiger partial charge in [-0.3, -0.25) is 4.79 Å². The van der Waals surface area contributed by atoms with Crippen LogP contribution in [0.1, 0.15) is 26.7 Å². The second-order valence-electron chi connectivity index (χ2n) is 3.28. The van der Waals surface area contributed by atoms with Gasteiger partial charge in [0, 0.05) is 18.4 Å². The van der Waals surface area contributed by atoms with Gasteiger partial charge >= 0.3 is 0 Å². The Balaban J connectivity index is 2.49. The number of nitrogens with two attached hydrogens (primary N) is 1. The largest absolute Gasteiger partial charge is 0.324 e. The second-order valence-corrected chi connectivity index (χ2v) is 3.28. The van der Waals surface area contributed by atoms with Crippen LogP contribution in [0.3, 0.4) is 0 Å². The Bertz CT molecular complexity index is 132. The molecule has 52 valence electrons. The van der Waals surface area contributed by atoms with Gasteiger partial charge in [0.05, 0.1) is 0 Å². The lowest BCUT2D eigenvalue weighted by Crippen LogP contribution is -2.56. The Labute approximate surface area is 55.4 Å². The molecule has 0 heterocycles. The molecule has 1 rings (SSSR count). The fourth-order valence-corrected chi connectivity index (χ4v) is 1.09. The van der Waals surface area contributed by atoms with E-state index in [2.05, 4.69) is 13.8 Å². The van der Waals surface area contributed by atoms with E-state index in [1.165, 1.54) is 0 Å². The van der Waals surface area contributed by atoms with Crippen LogP contribution in [0.25, 0.3) is 0 Å². The Morgan fingerprint density at radius 1 is 1.56 bits per heavy atom. The maximum atomic E-state index is 10.5. The molecule has 0 atom stereocenters. The topological polar surface area (TPSA) is 43.1 Å². The number of rotatable bonds is 1. The number of ketones is 1. The zero-order valence-corrected chi connectivity index (χ0v) is 5.98. The summed E-state index contributed by atoms with van der Waals surface area (Å²) in [5, 5.41) is 0. The normalized spacial score (nSPS) is 24.2. The Kier molecular flexibility index (Phi) is 1.35. The van der Waals surface area contributed by atoms with Crippen molar-refractivity contribution >= 4 is 5.78 Å². The fraction of sp³-hybridized carbons (Fsp3) is 0.857. The van der Waals surface area contributed by atoms with E-state index >= 15 is 0 Å². The Morgan fingerprint density at radius 3 is 2.11 bits per heavy atom. The molecule has 0 spiro atoms. The fourth-order valence-electron chi connectivity index (χ4n) is 1.09. The first-order chi connectivity index (χ1) is 4.04. The van der Waals surface area contributed by atoms with Crippen LogP contribution < -0.4 is 5.73 Å². The number of hydrogen-bond donors (Lipinski definition) is 1. The maximum Gasteiger partial charge on any atom is 0.136 e. The SMILES string of the molecule is CC(C)C1(N)CC(=O)C1. The van der Waals surface area contributed by atoms with E-state index in [1.807, 2.05) is 0 Å². The van der Waals surface area contributed by atoms with Crippen molar-refractivity contribution in [1.29, 1.82) is 0 Å². The summed E-state index contributed by atoms with van der Waals surface area (Å²) in [5.74, 6) is 0.751. The minimum Gasteiger partial charge on any atom is -0.324 e. The van der Waals surface area contributed by atoms with Gasteiger partial charge in [0.1, 0.15) is 5.78 Å². The zero-order valence-electron chi connectivity index (χ0n) is 5.98. The van der Waals surface area contributed by atoms with Crippen molar-refractivity contribution in [3.63, 3.8) is 0 Å². The molecule has 0 unspecified atom stereocenters. The van der Waals surface area contributed by atoms with Gasteiger partial charge in [0.15, 0.2) is 0 Å². The molecule has 0 aromatic heterocycles. The zero-order chi connectivity index (χ0) is 7.07. The van der Waals surface area contributed by atoms with E-state index in [1.54, 1.807) is 0 Å². The molecule has 2 N–H and O–H groups in total. The molecule has 1 fully saturated rings. The number of hydrogen-bond acceptors (Lipinski definition) is 2. The van der Waals surface area contributed by atoms with Crippen molar-refractivity contribution in [1.82, 2.24) is 0 Å². The number of carbonyl (C=O) groups is 1. The highest BCUT2D eigenvalue weighted by molar-refractivity contribution is 5.87. The molecule has 1 aliphatic carbocycles. The average Bonchev–Trinajstić information content (AvgIpc) is 1.62. The van der Waals surface area contributed by atoms with Gasteiger partial charge in [-0.05, 0) is 5.92 Å². The molecule has 9 heavy (non-hydrogen) atoms. The van der Waals surface area contributed by atoms with Crippen molar-refractivity contribution in [2.75, 3.05) is 0 Å². The number of Topliss-reactive ketones (excluding diaryl/α,β-unsaturated/α-hetero) is 1. The first-order valence-corrected chi connectivity index (χ1v) is 3.35. The molecule has 1 saturated carbocycles. The van der Waals surface area contributed by atoms with Crippen LogP contribution in [0.2, 0.25) is 0 Å². The molecule has 2 nitrogen and oxygen atoms in total. The van der Waals surface area contributed by atoms with Crippen molar-refractivity contribution < 1.29 is 4.79 Å². The first kappa shape index (κ1) is 6.75. The summed E-state index contributed by atoms with van der Waals surface area (Å²) in [5.41, 5.74) is 5.66. The van der Waals surface area contributed by atoms with Gasteiger partial charge in [0.2, 0.25) is 0 Å². The molecule has 0 aromatic carbocycles. The highest BCUT2D eigenvalue weighted by Crippen LogP contribution is 2.32. The van der Waals surface area contributed by atoms with E-state index in [0.29, 0.717) is 24.5 Å².